The van der Waals surface area contributed by atoms with E-state index in [1.54, 1.807) is 13.0 Å². The lowest BCUT2D eigenvalue weighted by atomic mass is 10.0. The van der Waals surface area contributed by atoms with Crippen molar-refractivity contribution in [3.05, 3.63) is 11.8 Å². The highest BCUT2D eigenvalue weighted by Gasteiger charge is 2.35. The maximum atomic E-state index is 12.8. The van der Waals surface area contributed by atoms with E-state index < -0.39 is 33.7 Å². The summed E-state index contributed by atoms with van der Waals surface area (Å²) in [6, 6.07) is 1.63. The number of hydrogen-bond donors (Lipinski definition) is 2. The number of carbonyl (C=O) groups is 3. The van der Waals surface area contributed by atoms with Crippen LogP contribution in [-0.2, 0) is 24.3 Å². The van der Waals surface area contributed by atoms with Gasteiger partial charge in [-0.05, 0) is 53.4 Å². The van der Waals surface area contributed by atoms with Crippen molar-refractivity contribution in [3.63, 3.8) is 0 Å². The standard InChI is InChI=1S/C22H35N5O7S/c1-6-33-21(30)27-18(23-19(28)15-9-10-26(13-15)35(5,31)32)12-17(25-27)14-7-8-16(11-14)34-20(29)24-22(2,3)4/h12,14-16H,6-11,13H2,1-5H3,(H,23,28)(H,24,29)/t14-,15+,16+/m0/s1. The van der Waals surface area contributed by atoms with Crippen molar-refractivity contribution in [2.45, 2.75) is 70.9 Å². The lowest BCUT2D eigenvalue weighted by molar-refractivity contribution is -0.119. The Labute approximate surface area is 205 Å². The highest BCUT2D eigenvalue weighted by molar-refractivity contribution is 7.88. The monoisotopic (exact) mass is 513 g/mol. The fourth-order valence-electron chi connectivity index (χ4n) is 4.29. The van der Waals surface area contributed by atoms with E-state index in [9.17, 15) is 22.8 Å². The number of rotatable bonds is 6. The van der Waals surface area contributed by atoms with Crippen molar-refractivity contribution < 1.29 is 32.3 Å². The van der Waals surface area contributed by atoms with Gasteiger partial charge in [-0.3, -0.25) is 4.79 Å². The van der Waals surface area contributed by atoms with Crippen LogP contribution in [-0.4, -0.2) is 78.2 Å². The second kappa shape index (κ2) is 10.5. The number of hydrogen-bond acceptors (Lipinski definition) is 8. The van der Waals surface area contributed by atoms with E-state index in [0.29, 0.717) is 31.4 Å². The van der Waals surface area contributed by atoms with E-state index in [2.05, 4.69) is 15.7 Å². The Kier molecular flexibility index (Phi) is 8.10. The molecular formula is C22H35N5O7S. The highest BCUT2D eigenvalue weighted by Crippen LogP contribution is 2.36. The fraction of sp³-hybridized carbons (Fsp3) is 0.727. The Morgan fingerprint density at radius 2 is 1.91 bits per heavy atom. The predicted octanol–water partition coefficient (Wildman–Crippen LogP) is 2.27. The Morgan fingerprint density at radius 3 is 2.51 bits per heavy atom. The predicted molar refractivity (Wildman–Crippen MR) is 128 cm³/mol. The van der Waals surface area contributed by atoms with Crippen LogP contribution in [0.15, 0.2) is 6.07 Å². The minimum Gasteiger partial charge on any atom is -0.448 e. The third-order valence-electron chi connectivity index (χ3n) is 5.96. The van der Waals surface area contributed by atoms with E-state index in [1.165, 1.54) is 4.31 Å². The molecule has 12 nitrogen and oxygen atoms in total. The van der Waals surface area contributed by atoms with E-state index >= 15 is 0 Å². The summed E-state index contributed by atoms with van der Waals surface area (Å²) in [4.78, 5) is 37.4. The summed E-state index contributed by atoms with van der Waals surface area (Å²) in [6.45, 7) is 7.76. The van der Waals surface area contributed by atoms with Crippen LogP contribution in [0.5, 0.6) is 0 Å². The maximum absolute atomic E-state index is 12.8. The van der Waals surface area contributed by atoms with E-state index in [4.69, 9.17) is 9.47 Å². The van der Waals surface area contributed by atoms with Gasteiger partial charge in [0.1, 0.15) is 11.9 Å². The molecule has 0 bridgehead atoms. The van der Waals surface area contributed by atoms with Gasteiger partial charge in [0.05, 0.1) is 24.5 Å². The van der Waals surface area contributed by atoms with Gasteiger partial charge in [-0.2, -0.15) is 5.10 Å². The van der Waals surface area contributed by atoms with E-state index in [0.717, 1.165) is 10.9 Å². The summed E-state index contributed by atoms with van der Waals surface area (Å²) in [7, 11) is -3.38. The molecule has 1 aromatic rings. The molecule has 0 radical (unpaired) electrons. The molecule has 0 spiro atoms. The zero-order valence-corrected chi connectivity index (χ0v) is 21.7. The quantitative estimate of drug-likeness (QED) is 0.588. The normalized spacial score (nSPS) is 23.2. The van der Waals surface area contributed by atoms with Gasteiger partial charge in [0, 0.05) is 30.6 Å². The van der Waals surface area contributed by atoms with Gasteiger partial charge >= 0.3 is 12.2 Å². The van der Waals surface area contributed by atoms with Crippen molar-refractivity contribution in [2.24, 2.45) is 5.92 Å². The molecular weight excluding hydrogens is 478 g/mol. The van der Waals surface area contributed by atoms with Gasteiger partial charge in [-0.15, -0.1) is 4.68 Å². The topological polar surface area (TPSA) is 149 Å². The van der Waals surface area contributed by atoms with Crippen LogP contribution in [0.3, 0.4) is 0 Å². The van der Waals surface area contributed by atoms with Gasteiger partial charge in [-0.1, -0.05) is 0 Å². The second-order valence-electron chi connectivity index (χ2n) is 10.1. The summed E-state index contributed by atoms with van der Waals surface area (Å²) in [5, 5.41) is 9.88. The first-order chi connectivity index (χ1) is 16.3. The van der Waals surface area contributed by atoms with Gasteiger partial charge in [0.2, 0.25) is 15.9 Å². The maximum Gasteiger partial charge on any atom is 0.436 e. The molecule has 35 heavy (non-hydrogen) atoms. The smallest absolute Gasteiger partial charge is 0.436 e. The van der Waals surface area contributed by atoms with Crippen LogP contribution in [0, 0.1) is 5.92 Å². The van der Waals surface area contributed by atoms with E-state index in [1.807, 2.05) is 20.8 Å². The average molecular weight is 514 g/mol. The molecule has 13 heteroatoms. The molecule has 2 fully saturated rings. The third kappa shape index (κ3) is 7.17. The average Bonchev–Trinajstić information content (AvgIpc) is 3.45. The van der Waals surface area contributed by atoms with Gasteiger partial charge in [-0.25, -0.2) is 22.3 Å². The number of nitrogens with one attached hydrogen (secondary N) is 2. The Bertz CT molecular complexity index is 1060. The third-order valence-corrected chi connectivity index (χ3v) is 7.23. The SMILES string of the molecule is CCOC(=O)n1nc([C@H]2CC[C@@H](OC(=O)NC(C)(C)C)C2)cc1NC(=O)[C@@H]1CCN(S(C)(=O)=O)C1. The number of sulfonamides is 1. The molecule has 0 unspecified atom stereocenters. The number of anilines is 1. The first-order valence-electron chi connectivity index (χ1n) is 11.8. The number of nitrogens with zero attached hydrogens (tertiary/aromatic N) is 3. The van der Waals surface area contributed by atoms with Crippen LogP contribution >= 0.6 is 0 Å². The molecule has 3 rings (SSSR count). The molecule has 2 amide bonds. The van der Waals surface area contributed by atoms with Crippen molar-refractivity contribution in [3.8, 4) is 0 Å². The lowest BCUT2D eigenvalue weighted by Gasteiger charge is -2.22. The number of alkyl carbamates (subject to hydrolysis) is 1. The Balaban J connectivity index is 1.70. The minimum atomic E-state index is -3.38. The molecule has 1 aromatic heterocycles. The Hall–Kier alpha value is -2.67. The number of ether oxygens (including phenoxy) is 2. The number of amides is 2. The molecule has 3 atom stereocenters. The molecule has 2 aliphatic rings. The van der Waals surface area contributed by atoms with Crippen LogP contribution in [0.4, 0.5) is 15.4 Å². The summed E-state index contributed by atoms with van der Waals surface area (Å²) in [5.41, 5.74) is 0.179. The van der Waals surface area contributed by atoms with Gasteiger partial charge in [0.15, 0.2) is 0 Å². The van der Waals surface area contributed by atoms with Crippen molar-refractivity contribution in [2.75, 3.05) is 31.3 Å². The lowest BCUT2D eigenvalue weighted by Crippen LogP contribution is -2.42. The summed E-state index contributed by atoms with van der Waals surface area (Å²) < 4.78 is 36.4. The minimum absolute atomic E-state index is 0.0685. The van der Waals surface area contributed by atoms with Crippen molar-refractivity contribution >= 4 is 33.9 Å². The second-order valence-corrected chi connectivity index (χ2v) is 12.1. The zero-order valence-electron chi connectivity index (χ0n) is 20.9. The first-order valence-corrected chi connectivity index (χ1v) is 13.6. The molecule has 196 valence electrons. The molecule has 1 aliphatic carbocycles. The fourth-order valence-corrected chi connectivity index (χ4v) is 5.17. The van der Waals surface area contributed by atoms with Crippen LogP contribution in [0.1, 0.15) is 65.0 Å². The van der Waals surface area contributed by atoms with Crippen LogP contribution < -0.4 is 10.6 Å². The van der Waals surface area contributed by atoms with Gasteiger partial charge in [0.25, 0.3) is 0 Å². The van der Waals surface area contributed by atoms with E-state index in [-0.39, 0.29) is 43.4 Å². The van der Waals surface area contributed by atoms with Crippen molar-refractivity contribution in [1.29, 1.82) is 0 Å². The molecule has 1 aliphatic heterocycles. The Morgan fingerprint density at radius 1 is 1.20 bits per heavy atom. The first kappa shape index (κ1) is 26.9. The highest BCUT2D eigenvalue weighted by atomic mass is 32.2. The number of carbonyl (C=O) groups excluding carboxylic acids is 3. The molecule has 1 saturated heterocycles. The summed E-state index contributed by atoms with van der Waals surface area (Å²) in [6.07, 6.45) is 1.90. The summed E-state index contributed by atoms with van der Waals surface area (Å²) in [5.74, 6) is -0.832. The number of aromatic nitrogens is 2. The van der Waals surface area contributed by atoms with Gasteiger partial charge < -0.3 is 20.1 Å². The van der Waals surface area contributed by atoms with Crippen molar-refractivity contribution in [1.82, 2.24) is 19.4 Å². The molecule has 0 aromatic carbocycles. The zero-order chi connectivity index (χ0) is 26.0. The molecule has 1 saturated carbocycles. The van der Waals surface area contributed by atoms with Crippen LogP contribution in [0.2, 0.25) is 0 Å². The van der Waals surface area contributed by atoms with Crippen LogP contribution in [0.25, 0.3) is 0 Å². The largest absolute Gasteiger partial charge is 0.448 e. The summed E-state index contributed by atoms with van der Waals surface area (Å²) >= 11 is 0. The molecule has 2 N–H and O–H groups in total. The molecule has 2 heterocycles.